The van der Waals surface area contributed by atoms with Crippen LogP contribution in [0.5, 0.6) is 0 Å². The largest absolute Gasteiger partial charge is 0.390 e. The molecule has 3 N–H and O–H groups in total. The molecule has 0 spiro atoms. The zero-order valence-corrected chi connectivity index (χ0v) is 12.6. The molecule has 1 amide bonds. The van der Waals surface area contributed by atoms with Crippen LogP contribution in [0, 0.1) is 6.92 Å². The number of thioether (sulfide) groups is 1. The molecule has 1 aliphatic rings. The molecular weight excluding hydrogens is 272 g/mol. The van der Waals surface area contributed by atoms with E-state index < -0.39 is 6.10 Å². The Morgan fingerprint density at radius 1 is 1.50 bits per heavy atom. The van der Waals surface area contributed by atoms with Crippen LogP contribution in [0.2, 0.25) is 0 Å². The van der Waals surface area contributed by atoms with Crippen LogP contribution >= 0.6 is 11.8 Å². The van der Waals surface area contributed by atoms with Gasteiger partial charge in [-0.2, -0.15) is 0 Å². The third-order valence-corrected chi connectivity index (χ3v) is 4.53. The van der Waals surface area contributed by atoms with Crippen molar-refractivity contribution in [1.82, 2.24) is 10.6 Å². The molecule has 0 radical (unpaired) electrons. The quantitative estimate of drug-likeness (QED) is 0.760. The first-order valence-electron chi connectivity index (χ1n) is 6.97. The molecule has 1 aromatic carbocycles. The number of aryl methyl sites for hydroxylation is 1. The maximum absolute atomic E-state index is 11.9. The number of hydrogen-bond acceptors (Lipinski definition) is 4. The molecule has 0 saturated carbocycles. The number of hydrogen-bond donors (Lipinski definition) is 3. The van der Waals surface area contributed by atoms with E-state index in [0.717, 1.165) is 18.7 Å². The van der Waals surface area contributed by atoms with E-state index in [1.54, 1.807) is 11.8 Å². The first kappa shape index (κ1) is 15.4. The Balaban J connectivity index is 1.71. The Morgan fingerprint density at radius 2 is 2.30 bits per heavy atom. The third-order valence-electron chi connectivity index (χ3n) is 3.55. The lowest BCUT2D eigenvalue weighted by Crippen LogP contribution is -2.53. The van der Waals surface area contributed by atoms with Gasteiger partial charge in [-0.3, -0.25) is 4.79 Å². The summed E-state index contributed by atoms with van der Waals surface area (Å²) in [5, 5.41) is 15.8. The molecule has 1 heterocycles. The third kappa shape index (κ3) is 4.51. The maximum Gasteiger partial charge on any atom is 0.230 e. The van der Waals surface area contributed by atoms with Crippen LogP contribution in [-0.2, 0) is 10.5 Å². The van der Waals surface area contributed by atoms with Gasteiger partial charge >= 0.3 is 0 Å². The highest BCUT2D eigenvalue weighted by Crippen LogP contribution is 2.15. The van der Waals surface area contributed by atoms with Crippen molar-refractivity contribution in [2.75, 3.05) is 18.8 Å². The zero-order chi connectivity index (χ0) is 14.4. The van der Waals surface area contributed by atoms with Gasteiger partial charge in [0.05, 0.1) is 17.9 Å². The number of carbonyl (C=O) groups excluding carboxylic acids is 1. The number of rotatable bonds is 5. The highest BCUT2D eigenvalue weighted by molar-refractivity contribution is 7.99. The van der Waals surface area contributed by atoms with Crippen molar-refractivity contribution in [3.63, 3.8) is 0 Å². The normalized spacial score (nSPS) is 22.5. The van der Waals surface area contributed by atoms with E-state index in [0.29, 0.717) is 12.3 Å². The van der Waals surface area contributed by atoms with Gasteiger partial charge in [0, 0.05) is 12.3 Å². The molecule has 4 nitrogen and oxygen atoms in total. The number of benzene rings is 1. The monoisotopic (exact) mass is 294 g/mol. The molecule has 0 aliphatic carbocycles. The van der Waals surface area contributed by atoms with Gasteiger partial charge in [-0.1, -0.05) is 24.3 Å². The lowest BCUT2D eigenvalue weighted by atomic mass is 10.0. The molecule has 0 aromatic heterocycles. The minimum Gasteiger partial charge on any atom is -0.390 e. The van der Waals surface area contributed by atoms with Gasteiger partial charge in [-0.25, -0.2) is 0 Å². The summed E-state index contributed by atoms with van der Waals surface area (Å²) < 4.78 is 0. The van der Waals surface area contributed by atoms with Crippen LogP contribution in [0.3, 0.4) is 0 Å². The standard InChI is InChI=1S/C15H22N2O2S/c1-11-4-2-3-5-12(11)9-20-10-15(19)17-13-6-7-16-8-14(13)18/h2-5,13-14,16,18H,6-10H2,1H3,(H,17,19)/t13-,14-/m1/s1. The van der Waals surface area contributed by atoms with Crippen molar-refractivity contribution in [3.05, 3.63) is 35.4 Å². The molecule has 1 aromatic rings. The van der Waals surface area contributed by atoms with E-state index in [2.05, 4.69) is 29.7 Å². The summed E-state index contributed by atoms with van der Waals surface area (Å²) in [5.74, 6) is 1.29. The molecule has 20 heavy (non-hydrogen) atoms. The lowest BCUT2D eigenvalue weighted by Gasteiger charge is -2.29. The molecule has 0 bridgehead atoms. The molecule has 2 atom stereocenters. The summed E-state index contributed by atoms with van der Waals surface area (Å²) in [6, 6.07) is 8.11. The first-order valence-corrected chi connectivity index (χ1v) is 8.12. The molecule has 5 heteroatoms. The van der Waals surface area contributed by atoms with E-state index in [9.17, 15) is 9.90 Å². The van der Waals surface area contributed by atoms with Crippen LogP contribution in [0.25, 0.3) is 0 Å². The smallest absolute Gasteiger partial charge is 0.230 e. The van der Waals surface area contributed by atoms with Gasteiger partial charge in [0.25, 0.3) is 0 Å². The molecule has 0 unspecified atom stereocenters. The number of piperidine rings is 1. The fourth-order valence-corrected chi connectivity index (χ4v) is 3.20. The number of nitrogens with one attached hydrogen (secondary N) is 2. The van der Waals surface area contributed by atoms with Gasteiger partial charge in [-0.15, -0.1) is 11.8 Å². The number of aliphatic hydroxyl groups is 1. The van der Waals surface area contributed by atoms with Gasteiger partial charge in [-0.05, 0) is 31.0 Å². The van der Waals surface area contributed by atoms with E-state index in [-0.39, 0.29) is 11.9 Å². The summed E-state index contributed by atoms with van der Waals surface area (Å²) in [7, 11) is 0. The summed E-state index contributed by atoms with van der Waals surface area (Å²) >= 11 is 1.61. The molecule has 1 saturated heterocycles. The van der Waals surface area contributed by atoms with E-state index in [1.165, 1.54) is 11.1 Å². The fourth-order valence-electron chi connectivity index (χ4n) is 2.28. The van der Waals surface area contributed by atoms with Gasteiger partial charge in [0.15, 0.2) is 0 Å². The summed E-state index contributed by atoms with van der Waals surface area (Å²) in [5.41, 5.74) is 2.53. The number of carbonyl (C=O) groups is 1. The number of amides is 1. The second-order valence-corrected chi connectivity index (χ2v) is 6.14. The van der Waals surface area contributed by atoms with Crippen molar-refractivity contribution >= 4 is 17.7 Å². The van der Waals surface area contributed by atoms with Crippen molar-refractivity contribution < 1.29 is 9.90 Å². The van der Waals surface area contributed by atoms with Crippen molar-refractivity contribution in [3.8, 4) is 0 Å². The fraction of sp³-hybridized carbons (Fsp3) is 0.533. The van der Waals surface area contributed by atoms with Crippen LogP contribution in [0.4, 0.5) is 0 Å². The average Bonchev–Trinajstić information content (AvgIpc) is 2.43. The molecule has 1 fully saturated rings. The second kappa shape index (κ2) is 7.67. The van der Waals surface area contributed by atoms with Crippen LogP contribution in [0.15, 0.2) is 24.3 Å². The van der Waals surface area contributed by atoms with E-state index in [1.807, 2.05) is 12.1 Å². The predicted octanol–water partition coefficient (Wildman–Crippen LogP) is 1.07. The summed E-state index contributed by atoms with van der Waals surface area (Å²) in [6.07, 6.45) is 0.309. The Labute approximate surface area is 124 Å². The van der Waals surface area contributed by atoms with Crippen molar-refractivity contribution in [2.24, 2.45) is 0 Å². The van der Waals surface area contributed by atoms with Gasteiger partial charge < -0.3 is 15.7 Å². The average molecular weight is 294 g/mol. The van der Waals surface area contributed by atoms with Gasteiger partial charge in [0.2, 0.25) is 5.91 Å². The maximum atomic E-state index is 11.9. The van der Waals surface area contributed by atoms with E-state index in [4.69, 9.17) is 0 Å². The molecular formula is C15H22N2O2S. The lowest BCUT2D eigenvalue weighted by molar-refractivity contribution is -0.120. The van der Waals surface area contributed by atoms with Crippen LogP contribution in [0.1, 0.15) is 17.5 Å². The summed E-state index contributed by atoms with van der Waals surface area (Å²) in [6.45, 7) is 3.49. The molecule has 2 rings (SSSR count). The molecule has 110 valence electrons. The Hall–Kier alpha value is -1.04. The topological polar surface area (TPSA) is 61.4 Å². The van der Waals surface area contributed by atoms with Crippen molar-refractivity contribution in [2.45, 2.75) is 31.2 Å². The minimum atomic E-state index is -0.478. The Morgan fingerprint density at radius 3 is 3.05 bits per heavy atom. The highest BCUT2D eigenvalue weighted by atomic mass is 32.2. The van der Waals surface area contributed by atoms with Gasteiger partial charge in [0.1, 0.15) is 0 Å². The Bertz CT molecular complexity index is 453. The van der Waals surface area contributed by atoms with E-state index >= 15 is 0 Å². The highest BCUT2D eigenvalue weighted by Gasteiger charge is 2.23. The first-order chi connectivity index (χ1) is 9.66. The minimum absolute atomic E-state index is 0.00883. The number of aliphatic hydroxyl groups excluding tert-OH is 1. The SMILES string of the molecule is Cc1ccccc1CSCC(=O)N[C@@H]1CCNC[C@H]1O. The zero-order valence-electron chi connectivity index (χ0n) is 11.8. The number of β-amino-alcohol motifs (C(OH)–C–C–N with tert-alkyl or cyclic N) is 1. The molecule has 1 aliphatic heterocycles. The van der Waals surface area contributed by atoms with Crippen LogP contribution < -0.4 is 10.6 Å². The summed E-state index contributed by atoms with van der Waals surface area (Å²) in [4.78, 5) is 11.9. The van der Waals surface area contributed by atoms with Crippen molar-refractivity contribution in [1.29, 1.82) is 0 Å². The van der Waals surface area contributed by atoms with Crippen LogP contribution in [-0.4, -0.2) is 42.0 Å². The Kier molecular flexibility index (Phi) is 5.88. The second-order valence-electron chi connectivity index (χ2n) is 5.15. The predicted molar refractivity (Wildman–Crippen MR) is 82.8 cm³/mol.